The average Bonchev–Trinajstić information content (AvgIpc) is 2.38. The van der Waals surface area contributed by atoms with E-state index in [-0.39, 0.29) is 11.5 Å². The predicted octanol–water partition coefficient (Wildman–Crippen LogP) is 3.66. The molecule has 2 rings (SSSR count). The molecule has 0 aliphatic carbocycles. The van der Waals surface area contributed by atoms with Gasteiger partial charge in [0.05, 0.1) is 11.1 Å². The van der Waals surface area contributed by atoms with Crippen LogP contribution in [-0.4, -0.2) is 35.4 Å². The van der Waals surface area contributed by atoms with E-state index in [2.05, 4.69) is 15.9 Å². The Morgan fingerprint density at radius 2 is 1.89 bits per heavy atom. The fourth-order valence-electron chi connectivity index (χ4n) is 1.80. The third-order valence-corrected chi connectivity index (χ3v) is 4.46. The molecule has 1 aliphatic heterocycles. The lowest BCUT2D eigenvalue weighted by molar-refractivity contribution is -0.137. The summed E-state index contributed by atoms with van der Waals surface area (Å²) in [6.45, 7) is 1.15. The van der Waals surface area contributed by atoms with Gasteiger partial charge in [-0.15, -0.1) is 0 Å². The Labute approximate surface area is 121 Å². The van der Waals surface area contributed by atoms with Crippen molar-refractivity contribution in [2.24, 2.45) is 0 Å². The van der Waals surface area contributed by atoms with E-state index in [9.17, 15) is 18.0 Å². The predicted molar refractivity (Wildman–Crippen MR) is 72.4 cm³/mol. The number of benzene rings is 1. The van der Waals surface area contributed by atoms with Crippen molar-refractivity contribution in [2.45, 2.75) is 6.18 Å². The lowest BCUT2D eigenvalue weighted by Gasteiger charge is -2.27. The normalized spacial score (nSPS) is 16.5. The van der Waals surface area contributed by atoms with Crippen molar-refractivity contribution < 1.29 is 18.0 Å². The molecule has 1 heterocycles. The summed E-state index contributed by atoms with van der Waals surface area (Å²) in [7, 11) is 0. The van der Waals surface area contributed by atoms with Crippen LogP contribution in [-0.2, 0) is 6.18 Å². The summed E-state index contributed by atoms with van der Waals surface area (Å²) >= 11 is 4.88. The van der Waals surface area contributed by atoms with Crippen LogP contribution in [0.1, 0.15) is 15.9 Å². The number of nitrogens with zero attached hydrogens (tertiary/aromatic N) is 1. The number of carbonyl (C=O) groups is 1. The van der Waals surface area contributed by atoms with Crippen LogP contribution >= 0.6 is 27.7 Å². The van der Waals surface area contributed by atoms with Crippen LogP contribution in [0.3, 0.4) is 0 Å². The zero-order valence-electron chi connectivity index (χ0n) is 9.84. The van der Waals surface area contributed by atoms with Gasteiger partial charge < -0.3 is 4.90 Å². The fourth-order valence-corrected chi connectivity index (χ4v) is 3.12. The molecule has 1 aliphatic rings. The molecule has 19 heavy (non-hydrogen) atoms. The molecule has 0 bridgehead atoms. The number of hydrogen-bond acceptors (Lipinski definition) is 2. The Balaban J connectivity index is 2.30. The molecular formula is C12H11BrF3NOS. The zero-order chi connectivity index (χ0) is 14.0. The highest BCUT2D eigenvalue weighted by molar-refractivity contribution is 9.10. The monoisotopic (exact) mass is 353 g/mol. The highest BCUT2D eigenvalue weighted by Crippen LogP contribution is 2.32. The highest BCUT2D eigenvalue weighted by atomic mass is 79.9. The summed E-state index contributed by atoms with van der Waals surface area (Å²) in [6, 6.07) is 3.15. The second-order valence-electron chi connectivity index (χ2n) is 4.10. The topological polar surface area (TPSA) is 20.3 Å². The zero-order valence-corrected chi connectivity index (χ0v) is 12.2. The quantitative estimate of drug-likeness (QED) is 0.767. The largest absolute Gasteiger partial charge is 0.416 e. The Morgan fingerprint density at radius 3 is 2.47 bits per heavy atom. The lowest BCUT2D eigenvalue weighted by Crippen LogP contribution is -2.38. The van der Waals surface area contributed by atoms with E-state index in [1.54, 1.807) is 16.7 Å². The maximum atomic E-state index is 12.7. The van der Waals surface area contributed by atoms with Crippen LogP contribution < -0.4 is 0 Å². The molecule has 1 aromatic rings. The SMILES string of the molecule is O=C(c1cc(C(F)(F)F)ccc1Br)N1CCSCC1. The van der Waals surface area contributed by atoms with Crippen LogP contribution in [0, 0.1) is 0 Å². The molecule has 0 N–H and O–H groups in total. The molecule has 0 unspecified atom stereocenters. The van der Waals surface area contributed by atoms with Crippen LogP contribution in [0.25, 0.3) is 0 Å². The van der Waals surface area contributed by atoms with E-state index in [4.69, 9.17) is 0 Å². The van der Waals surface area contributed by atoms with Crippen molar-refractivity contribution in [1.29, 1.82) is 0 Å². The molecule has 0 saturated carbocycles. The molecule has 0 atom stereocenters. The molecule has 0 radical (unpaired) electrons. The summed E-state index contributed by atoms with van der Waals surface area (Å²) in [5.74, 6) is 1.29. The van der Waals surface area contributed by atoms with Gasteiger partial charge in [0.25, 0.3) is 5.91 Å². The highest BCUT2D eigenvalue weighted by Gasteiger charge is 2.32. The Kier molecular flexibility index (Phi) is 4.45. The third-order valence-electron chi connectivity index (χ3n) is 2.82. The molecule has 0 spiro atoms. The van der Waals surface area contributed by atoms with E-state index in [0.29, 0.717) is 17.6 Å². The second-order valence-corrected chi connectivity index (χ2v) is 6.18. The standard InChI is InChI=1S/C12H11BrF3NOS/c13-10-2-1-8(12(14,15)16)7-9(10)11(18)17-3-5-19-6-4-17/h1-2,7H,3-6H2. The first-order valence-electron chi connectivity index (χ1n) is 5.63. The van der Waals surface area contributed by atoms with Gasteiger partial charge in [-0.2, -0.15) is 24.9 Å². The Hall–Kier alpha value is -0.690. The summed E-state index contributed by atoms with van der Waals surface area (Å²) in [6.07, 6.45) is -4.44. The van der Waals surface area contributed by atoms with Crippen molar-refractivity contribution in [3.63, 3.8) is 0 Å². The summed E-state index contributed by atoms with van der Waals surface area (Å²) in [4.78, 5) is 13.8. The van der Waals surface area contributed by atoms with Gasteiger partial charge in [0.15, 0.2) is 0 Å². The Bertz CT molecular complexity index is 486. The molecule has 1 aromatic carbocycles. The van der Waals surface area contributed by atoms with Gasteiger partial charge in [-0.25, -0.2) is 0 Å². The maximum absolute atomic E-state index is 12.7. The number of rotatable bonds is 1. The number of amides is 1. The van der Waals surface area contributed by atoms with Crippen molar-refractivity contribution in [2.75, 3.05) is 24.6 Å². The summed E-state index contributed by atoms with van der Waals surface area (Å²) in [5, 5.41) is 0. The lowest BCUT2D eigenvalue weighted by atomic mass is 10.1. The molecule has 7 heteroatoms. The van der Waals surface area contributed by atoms with E-state index in [1.807, 2.05) is 0 Å². The average molecular weight is 354 g/mol. The Morgan fingerprint density at radius 1 is 1.26 bits per heavy atom. The smallest absolute Gasteiger partial charge is 0.337 e. The van der Waals surface area contributed by atoms with Crippen LogP contribution in [0.15, 0.2) is 22.7 Å². The van der Waals surface area contributed by atoms with Crippen molar-refractivity contribution in [3.8, 4) is 0 Å². The summed E-state index contributed by atoms with van der Waals surface area (Å²) in [5.41, 5.74) is -0.729. The number of thioether (sulfide) groups is 1. The molecule has 0 aromatic heterocycles. The first-order valence-corrected chi connectivity index (χ1v) is 7.58. The molecule has 104 valence electrons. The van der Waals surface area contributed by atoms with Gasteiger partial charge >= 0.3 is 6.18 Å². The van der Waals surface area contributed by atoms with Crippen molar-refractivity contribution in [3.05, 3.63) is 33.8 Å². The molecule has 1 saturated heterocycles. The first-order chi connectivity index (χ1) is 8.89. The van der Waals surface area contributed by atoms with Crippen LogP contribution in [0.5, 0.6) is 0 Å². The van der Waals surface area contributed by atoms with Crippen molar-refractivity contribution >= 4 is 33.6 Å². The third kappa shape index (κ3) is 3.45. The van der Waals surface area contributed by atoms with Gasteiger partial charge in [0.1, 0.15) is 0 Å². The number of hydrogen-bond donors (Lipinski definition) is 0. The fraction of sp³-hybridized carbons (Fsp3) is 0.417. The first kappa shape index (κ1) is 14.7. The molecule has 1 fully saturated rings. The van der Waals surface area contributed by atoms with E-state index < -0.39 is 11.7 Å². The number of halogens is 4. The molecular weight excluding hydrogens is 343 g/mol. The van der Waals surface area contributed by atoms with E-state index in [0.717, 1.165) is 23.6 Å². The minimum Gasteiger partial charge on any atom is -0.337 e. The van der Waals surface area contributed by atoms with E-state index >= 15 is 0 Å². The minimum absolute atomic E-state index is 0.0710. The van der Waals surface area contributed by atoms with Gasteiger partial charge in [0, 0.05) is 29.1 Å². The van der Waals surface area contributed by atoms with Crippen LogP contribution in [0.4, 0.5) is 13.2 Å². The second kappa shape index (κ2) is 5.75. The molecule has 2 nitrogen and oxygen atoms in total. The van der Waals surface area contributed by atoms with Gasteiger partial charge in [-0.3, -0.25) is 4.79 Å². The van der Waals surface area contributed by atoms with Gasteiger partial charge in [0.2, 0.25) is 0 Å². The minimum atomic E-state index is -4.44. The van der Waals surface area contributed by atoms with Gasteiger partial charge in [-0.1, -0.05) is 0 Å². The maximum Gasteiger partial charge on any atom is 0.416 e. The van der Waals surface area contributed by atoms with Crippen molar-refractivity contribution in [1.82, 2.24) is 4.90 Å². The molecule has 1 amide bonds. The van der Waals surface area contributed by atoms with Gasteiger partial charge in [-0.05, 0) is 34.1 Å². The number of carbonyl (C=O) groups excluding carboxylic acids is 1. The van der Waals surface area contributed by atoms with Crippen LogP contribution in [0.2, 0.25) is 0 Å². The summed E-state index contributed by atoms with van der Waals surface area (Å²) < 4.78 is 38.4. The number of alkyl halides is 3. The van der Waals surface area contributed by atoms with E-state index in [1.165, 1.54) is 6.07 Å².